The van der Waals surface area contributed by atoms with Gasteiger partial charge in [0.15, 0.2) is 5.54 Å². The zero-order valence-corrected chi connectivity index (χ0v) is 17.3. The van der Waals surface area contributed by atoms with E-state index in [1.165, 1.54) is 13.2 Å². The fourth-order valence-electron chi connectivity index (χ4n) is 3.90. The van der Waals surface area contributed by atoms with E-state index in [4.69, 9.17) is 9.15 Å². The molecule has 2 heterocycles. The fraction of sp³-hybridized carbons (Fsp3) is 0.208. The quantitative estimate of drug-likeness (QED) is 0.488. The predicted molar refractivity (Wildman–Crippen MR) is 112 cm³/mol. The van der Waals surface area contributed by atoms with Crippen LogP contribution in [0.4, 0.5) is 4.79 Å². The number of imide groups is 1. The highest BCUT2D eigenvalue weighted by molar-refractivity contribution is 6.07. The lowest BCUT2D eigenvalue weighted by molar-refractivity contribution is -0.132. The summed E-state index contributed by atoms with van der Waals surface area (Å²) in [4.78, 5) is 39.5. The number of rotatable bonds is 6. The molecule has 0 spiro atoms. The Morgan fingerprint density at radius 1 is 1.06 bits per heavy atom. The molecular formula is C24H22N2O5. The van der Waals surface area contributed by atoms with Gasteiger partial charge >= 0.3 is 12.0 Å². The van der Waals surface area contributed by atoms with E-state index < -0.39 is 17.5 Å². The Labute approximate surface area is 179 Å². The van der Waals surface area contributed by atoms with Gasteiger partial charge in [-0.05, 0) is 24.1 Å². The summed E-state index contributed by atoms with van der Waals surface area (Å²) in [5.41, 5.74) is 0.657. The summed E-state index contributed by atoms with van der Waals surface area (Å²) in [5, 5.41) is 2.91. The van der Waals surface area contributed by atoms with Crippen molar-refractivity contribution in [2.75, 3.05) is 7.11 Å². The Hall–Kier alpha value is -3.87. The number of ether oxygens (including phenoxy) is 1. The highest BCUT2D eigenvalue weighted by Crippen LogP contribution is 2.34. The van der Waals surface area contributed by atoms with Crippen molar-refractivity contribution in [3.8, 4) is 0 Å². The summed E-state index contributed by atoms with van der Waals surface area (Å²) >= 11 is 0. The summed E-state index contributed by atoms with van der Waals surface area (Å²) in [6.07, 6.45) is 0.309. The molecular weight excluding hydrogens is 396 g/mol. The van der Waals surface area contributed by atoms with Crippen LogP contribution in [0.3, 0.4) is 0 Å². The third kappa shape index (κ3) is 3.70. The molecule has 1 aliphatic rings. The summed E-state index contributed by atoms with van der Waals surface area (Å²) in [7, 11) is 1.28. The molecule has 0 unspecified atom stereocenters. The highest BCUT2D eigenvalue weighted by atomic mass is 16.5. The van der Waals surface area contributed by atoms with Crippen molar-refractivity contribution < 1.29 is 23.5 Å². The molecule has 1 saturated heterocycles. The number of urea groups is 1. The number of aryl methyl sites for hydroxylation is 1. The molecule has 7 nitrogen and oxygen atoms in total. The maximum Gasteiger partial charge on any atom is 0.341 e. The van der Waals surface area contributed by atoms with E-state index in [0.29, 0.717) is 23.5 Å². The van der Waals surface area contributed by atoms with Crippen LogP contribution in [0.5, 0.6) is 0 Å². The van der Waals surface area contributed by atoms with Crippen LogP contribution in [-0.2, 0) is 28.0 Å². The number of hydrogen-bond donors (Lipinski definition) is 1. The number of carbonyl (C=O) groups excluding carboxylic acids is 3. The number of esters is 1. The molecule has 2 aromatic carbocycles. The molecule has 0 radical (unpaired) electrons. The number of nitrogens with one attached hydrogen (secondary N) is 1. The lowest BCUT2D eigenvalue weighted by Gasteiger charge is -2.27. The Morgan fingerprint density at radius 2 is 1.71 bits per heavy atom. The summed E-state index contributed by atoms with van der Waals surface area (Å²) in [5.74, 6) is -0.217. The number of carbonyl (C=O) groups is 3. The number of hydrogen-bond acceptors (Lipinski definition) is 5. The lowest BCUT2D eigenvalue weighted by atomic mass is 9.83. The van der Waals surface area contributed by atoms with E-state index in [-0.39, 0.29) is 18.0 Å². The van der Waals surface area contributed by atoms with Gasteiger partial charge in [-0.25, -0.2) is 9.59 Å². The minimum Gasteiger partial charge on any atom is -0.465 e. The van der Waals surface area contributed by atoms with Crippen LogP contribution in [0.15, 0.2) is 71.1 Å². The maximum absolute atomic E-state index is 13.6. The first-order chi connectivity index (χ1) is 14.9. The smallest absolute Gasteiger partial charge is 0.341 e. The van der Waals surface area contributed by atoms with Crippen LogP contribution in [0.2, 0.25) is 0 Å². The van der Waals surface area contributed by atoms with E-state index in [1.807, 2.05) is 60.7 Å². The van der Waals surface area contributed by atoms with Gasteiger partial charge in [-0.2, -0.15) is 0 Å². The standard InChI is InChI=1S/C24H22N2O5/c1-16-20(21(27)30-2)13-19(31-16)15-26-22(28)24(25-23(26)29,18-11-7-4-8-12-18)14-17-9-5-3-6-10-17/h3-13H,14-15H2,1-2H3,(H,25,29)/t24-/m0/s1. The monoisotopic (exact) mass is 418 g/mol. The van der Waals surface area contributed by atoms with E-state index in [2.05, 4.69) is 5.32 Å². The van der Waals surface area contributed by atoms with Gasteiger partial charge in [0.05, 0.1) is 13.7 Å². The second-order valence-electron chi connectivity index (χ2n) is 7.43. The van der Waals surface area contributed by atoms with Crippen LogP contribution in [-0.4, -0.2) is 29.9 Å². The van der Waals surface area contributed by atoms with Crippen LogP contribution in [0.25, 0.3) is 0 Å². The average molecular weight is 418 g/mol. The van der Waals surface area contributed by atoms with Gasteiger partial charge in [0, 0.05) is 6.42 Å². The van der Waals surface area contributed by atoms with Crippen molar-refractivity contribution in [2.24, 2.45) is 0 Å². The van der Waals surface area contributed by atoms with Gasteiger partial charge < -0.3 is 14.5 Å². The normalized spacial score (nSPS) is 18.2. The first kappa shape index (κ1) is 20.4. The molecule has 7 heteroatoms. The van der Waals surface area contributed by atoms with Gasteiger partial charge in [-0.3, -0.25) is 9.69 Å². The number of nitrogens with zero attached hydrogens (tertiary/aromatic N) is 1. The van der Waals surface area contributed by atoms with Crippen LogP contribution in [0.1, 0.15) is 33.0 Å². The second kappa shape index (κ2) is 8.10. The van der Waals surface area contributed by atoms with Crippen LogP contribution < -0.4 is 5.32 Å². The van der Waals surface area contributed by atoms with Crippen molar-refractivity contribution in [3.63, 3.8) is 0 Å². The molecule has 1 N–H and O–H groups in total. The van der Waals surface area contributed by atoms with Gasteiger partial charge in [0.25, 0.3) is 5.91 Å². The van der Waals surface area contributed by atoms with Gasteiger partial charge in [-0.1, -0.05) is 60.7 Å². The predicted octanol–water partition coefficient (Wildman–Crippen LogP) is 3.56. The number of methoxy groups -OCH3 is 1. The third-order valence-electron chi connectivity index (χ3n) is 5.44. The van der Waals surface area contributed by atoms with E-state index >= 15 is 0 Å². The SMILES string of the molecule is COC(=O)c1cc(CN2C(=O)N[C@@](Cc3ccccc3)(c3ccccc3)C2=O)oc1C. The van der Waals surface area contributed by atoms with Crippen molar-refractivity contribution >= 4 is 17.9 Å². The molecule has 1 aliphatic heterocycles. The van der Waals surface area contributed by atoms with Crippen molar-refractivity contribution in [1.29, 1.82) is 0 Å². The molecule has 31 heavy (non-hydrogen) atoms. The Bertz CT molecular complexity index is 1120. The van der Waals surface area contributed by atoms with Gasteiger partial charge in [-0.15, -0.1) is 0 Å². The molecule has 1 aromatic heterocycles. The molecule has 4 rings (SSSR count). The summed E-state index contributed by atoms with van der Waals surface area (Å²) in [6, 6.07) is 19.7. The molecule has 0 bridgehead atoms. The number of benzene rings is 2. The summed E-state index contributed by atoms with van der Waals surface area (Å²) < 4.78 is 10.4. The average Bonchev–Trinajstić information content (AvgIpc) is 3.27. The number of amides is 3. The van der Waals surface area contributed by atoms with Gasteiger partial charge in [0.1, 0.15) is 17.1 Å². The third-order valence-corrected chi connectivity index (χ3v) is 5.44. The first-order valence-electron chi connectivity index (χ1n) is 9.86. The molecule has 3 amide bonds. The van der Waals surface area contributed by atoms with E-state index in [0.717, 1.165) is 10.5 Å². The molecule has 1 fully saturated rings. The lowest BCUT2D eigenvalue weighted by Crippen LogP contribution is -2.46. The second-order valence-corrected chi connectivity index (χ2v) is 7.43. The van der Waals surface area contributed by atoms with Gasteiger partial charge in [0.2, 0.25) is 0 Å². The molecule has 0 aliphatic carbocycles. The Kier molecular flexibility index (Phi) is 5.33. The Morgan fingerprint density at radius 3 is 2.35 bits per heavy atom. The molecule has 3 aromatic rings. The largest absolute Gasteiger partial charge is 0.465 e. The molecule has 158 valence electrons. The van der Waals surface area contributed by atoms with E-state index in [9.17, 15) is 14.4 Å². The van der Waals surface area contributed by atoms with Crippen molar-refractivity contribution in [3.05, 3.63) is 94.9 Å². The zero-order chi connectivity index (χ0) is 22.0. The topological polar surface area (TPSA) is 88.9 Å². The molecule has 1 atom stereocenters. The van der Waals surface area contributed by atoms with Crippen molar-refractivity contribution in [2.45, 2.75) is 25.4 Å². The highest BCUT2D eigenvalue weighted by Gasteiger charge is 2.52. The fourth-order valence-corrected chi connectivity index (χ4v) is 3.90. The van der Waals surface area contributed by atoms with Crippen molar-refractivity contribution in [1.82, 2.24) is 10.2 Å². The first-order valence-corrected chi connectivity index (χ1v) is 9.86. The minimum absolute atomic E-state index is 0.0914. The summed E-state index contributed by atoms with van der Waals surface area (Å²) in [6.45, 7) is 1.54. The Balaban J connectivity index is 1.68. The van der Waals surface area contributed by atoms with Crippen LogP contribution in [0, 0.1) is 6.92 Å². The maximum atomic E-state index is 13.6. The van der Waals surface area contributed by atoms with Crippen LogP contribution >= 0.6 is 0 Å². The number of furan rings is 1. The van der Waals surface area contributed by atoms with E-state index in [1.54, 1.807) is 6.92 Å². The zero-order valence-electron chi connectivity index (χ0n) is 17.3. The molecule has 0 saturated carbocycles. The minimum atomic E-state index is -1.23.